The fraction of sp³-hybridized carbons (Fsp3) is 0.467. The van der Waals surface area contributed by atoms with Gasteiger partial charge in [-0.1, -0.05) is 13.8 Å². The fourth-order valence-corrected chi connectivity index (χ4v) is 2.30. The smallest absolute Gasteiger partial charge is 0.143 e. The number of ether oxygens (including phenoxy) is 1. The van der Waals surface area contributed by atoms with Crippen molar-refractivity contribution in [1.82, 2.24) is 9.88 Å². The topological polar surface area (TPSA) is 26.2 Å². The average molecular weight is 246 g/mol. The fourth-order valence-electron chi connectivity index (χ4n) is 2.30. The van der Waals surface area contributed by atoms with E-state index in [-0.39, 0.29) is 0 Å². The first-order chi connectivity index (χ1) is 8.52. The van der Waals surface area contributed by atoms with E-state index < -0.39 is 0 Å². The van der Waals surface area contributed by atoms with Crippen LogP contribution in [0.15, 0.2) is 18.2 Å². The summed E-state index contributed by atoms with van der Waals surface area (Å²) >= 11 is 0. The molecule has 0 radical (unpaired) electrons. The summed E-state index contributed by atoms with van der Waals surface area (Å²) in [6.45, 7) is 7.30. The second-order valence-corrected chi connectivity index (χ2v) is 5.14. The number of benzene rings is 1. The number of aromatic nitrogens is 1. The van der Waals surface area contributed by atoms with Crippen molar-refractivity contribution >= 4 is 10.9 Å². The Balaban J connectivity index is 2.48. The van der Waals surface area contributed by atoms with Gasteiger partial charge in [0.05, 0.1) is 12.6 Å². The molecule has 3 heteroatoms. The van der Waals surface area contributed by atoms with E-state index in [1.165, 1.54) is 22.2 Å². The highest BCUT2D eigenvalue weighted by atomic mass is 16.5. The number of nitrogens with zero attached hydrogens (tertiary/aromatic N) is 1. The predicted molar refractivity (Wildman–Crippen MR) is 76.2 cm³/mol. The Kier molecular flexibility index (Phi) is 3.62. The van der Waals surface area contributed by atoms with Crippen LogP contribution in [0.4, 0.5) is 0 Å². The summed E-state index contributed by atoms with van der Waals surface area (Å²) in [4.78, 5) is 0. The van der Waals surface area contributed by atoms with Crippen molar-refractivity contribution in [3.63, 3.8) is 0 Å². The van der Waals surface area contributed by atoms with E-state index >= 15 is 0 Å². The maximum Gasteiger partial charge on any atom is 0.143 e. The Morgan fingerprint density at radius 3 is 2.61 bits per heavy atom. The van der Waals surface area contributed by atoms with Crippen molar-refractivity contribution in [3.8, 4) is 5.75 Å². The van der Waals surface area contributed by atoms with Crippen molar-refractivity contribution < 1.29 is 4.74 Å². The molecule has 98 valence electrons. The molecule has 0 spiro atoms. The molecule has 18 heavy (non-hydrogen) atoms. The van der Waals surface area contributed by atoms with Crippen molar-refractivity contribution in [3.05, 3.63) is 29.5 Å². The molecule has 0 unspecified atom stereocenters. The van der Waals surface area contributed by atoms with Gasteiger partial charge in [0.1, 0.15) is 5.75 Å². The number of hydrogen-bond donors (Lipinski definition) is 1. The number of nitrogens with one attached hydrogen (secondary N) is 1. The average Bonchev–Trinajstić information content (AvgIpc) is 2.62. The molecular formula is C15H22N2O. The molecule has 0 saturated carbocycles. The standard InChI is InChI=1S/C15H22N2O/c1-10(2)16-9-13-8-12-6-11(3)7-14(18-5)15(12)17(13)4/h6-8,10,16H,9H2,1-5H3. The van der Waals surface area contributed by atoms with Gasteiger partial charge in [-0.05, 0) is 30.7 Å². The van der Waals surface area contributed by atoms with E-state index in [1.54, 1.807) is 7.11 Å². The molecule has 0 saturated heterocycles. The van der Waals surface area contributed by atoms with Crippen LogP contribution in [0.25, 0.3) is 10.9 Å². The summed E-state index contributed by atoms with van der Waals surface area (Å²) in [6, 6.07) is 7.02. The first-order valence-electron chi connectivity index (χ1n) is 6.39. The molecule has 2 rings (SSSR count). The maximum atomic E-state index is 5.49. The monoisotopic (exact) mass is 246 g/mol. The van der Waals surface area contributed by atoms with Gasteiger partial charge in [0.15, 0.2) is 0 Å². The minimum absolute atomic E-state index is 0.492. The molecule has 0 atom stereocenters. The van der Waals surface area contributed by atoms with Gasteiger partial charge in [0, 0.05) is 30.7 Å². The van der Waals surface area contributed by atoms with Crippen LogP contribution in [0.5, 0.6) is 5.75 Å². The van der Waals surface area contributed by atoms with Gasteiger partial charge in [-0.2, -0.15) is 0 Å². The molecule has 0 fully saturated rings. The van der Waals surface area contributed by atoms with Crippen LogP contribution in [-0.4, -0.2) is 17.7 Å². The zero-order valence-electron chi connectivity index (χ0n) is 11.9. The molecule has 1 aromatic heterocycles. The van der Waals surface area contributed by atoms with E-state index in [2.05, 4.69) is 55.9 Å². The summed E-state index contributed by atoms with van der Waals surface area (Å²) in [7, 11) is 3.82. The summed E-state index contributed by atoms with van der Waals surface area (Å²) in [5, 5.41) is 4.70. The maximum absolute atomic E-state index is 5.49. The third-order valence-electron chi connectivity index (χ3n) is 3.25. The summed E-state index contributed by atoms with van der Waals surface area (Å²) in [6.07, 6.45) is 0. The molecule has 3 nitrogen and oxygen atoms in total. The Hall–Kier alpha value is -1.48. The van der Waals surface area contributed by atoms with Crippen LogP contribution in [-0.2, 0) is 13.6 Å². The molecule has 1 N–H and O–H groups in total. The highest BCUT2D eigenvalue weighted by Crippen LogP contribution is 2.29. The third kappa shape index (κ3) is 2.36. The molecule has 0 aliphatic rings. The lowest BCUT2D eigenvalue weighted by atomic mass is 10.1. The molecule has 1 heterocycles. The van der Waals surface area contributed by atoms with Crippen LogP contribution >= 0.6 is 0 Å². The van der Waals surface area contributed by atoms with E-state index in [0.29, 0.717) is 6.04 Å². The molecular weight excluding hydrogens is 224 g/mol. The molecule has 1 aromatic carbocycles. The summed E-state index contributed by atoms with van der Waals surface area (Å²) in [5.74, 6) is 0.947. The number of fused-ring (bicyclic) bond motifs is 1. The zero-order chi connectivity index (χ0) is 13.3. The SMILES string of the molecule is COc1cc(C)cc2cc(CNC(C)C)n(C)c12. The van der Waals surface area contributed by atoms with Crippen molar-refractivity contribution in [1.29, 1.82) is 0 Å². The van der Waals surface area contributed by atoms with E-state index in [1.807, 2.05) is 0 Å². The Morgan fingerprint density at radius 1 is 1.28 bits per heavy atom. The molecule has 0 amide bonds. The third-order valence-corrected chi connectivity index (χ3v) is 3.25. The van der Waals surface area contributed by atoms with Gasteiger partial charge in [-0.3, -0.25) is 0 Å². The first kappa shape index (κ1) is 13.0. The molecule has 0 bridgehead atoms. The normalized spacial score (nSPS) is 11.4. The second kappa shape index (κ2) is 5.02. The lowest BCUT2D eigenvalue weighted by Crippen LogP contribution is -2.23. The highest BCUT2D eigenvalue weighted by Gasteiger charge is 2.11. The number of aryl methyl sites for hydroxylation is 2. The summed E-state index contributed by atoms with van der Waals surface area (Å²) < 4.78 is 7.70. The van der Waals surface area contributed by atoms with Gasteiger partial charge in [-0.15, -0.1) is 0 Å². The van der Waals surface area contributed by atoms with E-state index in [4.69, 9.17) is 4.74 Å². The number of rotatable bonds is 4. The number of methoxy groups -OCH3 is 1. The zero-order valence-corrected chi connectivity index (χ0v) is 11.9. The Labute approximate surface area is 109 Å². The quantitative estimate of drug-likeness (QED) is 0.897. The largest absolute Gasteiger partial charge is 0.495 e. The van der Waals surface area contributed by atoms with Gasteiger partial charge < -0.3 is 14.6 Å². The minimum Gasteiger partial charge on any atom is -0.495 e. The van der Waals surface area contributed by atoms with Gasteiger partial charge >= 0.3 is 0 Å². The Bertz CT molecular complexity index is 555. The first-order valence-corrected chi connectivity index (χ1v) is 6.39. The van der Waals surface area contributed by atoms with E-state index in [9.17, 15) is 0 Å². The lowest BCUT2D eigenvalue weighted by Gasteiger charge is -2.10. The molecule has 0 aliphatic heterocycles. The highest BCUT2D eigenvalue weighted by molar-refractivity contribution is 5.87. The van der Waals surface area contributed by atoms with Crippen LogP contribution < -0.4 is 10.1 Å². The van der Waals surface area contributed by atoms with Crippen molar-refractivity contribution in [2.24, 2.45) is 7.05 Å². The van der Waals surface area contributed by atoms with Crippen LogP contribution in [0.2, 0.25) is 0 Å². The minimum atomic E-state index is 0.492. The van der Waals surface area contributed by atoms with Gasteiger partial charge in [-0.25, -0.2) is 0 Å². The Morgan fingerprint density at radius 2 is 2.00 bits per heavy atom. The molecule has 0 aliphatic carbocycles. The van der Waals surface area contributed by atoms with Crippen LogP contribution in [0.1, 0.15) is 25.1 Å². The lowest BCUT2D eigenvalue weighted by molar-refractivity contribution is 0.417. The predicted octanol–water partition coefficient (Wildman–Crippen LogP) is 2.99. The van der Waals surface area contributed by atoms with Crippen molar-refractivity contribution in [2.75, 3.05) is 7.11 Å². The molecule has 2 aromatic rings. The van der Waals surface area contributed by atoms with E-state index in [0.717, 1.165) is 12.3 Å². The van der Waals surface area contributed by atoms with Crippen LogP contribution in [0, 0.1) is 6.92 Å². The summed E-state index contributed by atoms with van der Waals surface area (Å²) in [5.41, 5.74) is 3.68. The number of hydrogen-bond acceptors (Lipinski definition) is 2. The van der Waals surface area contributed by atoms with Crippen LogP contribution in [0.3, 0.4) is 0 Å². The van der Waals surface area contributed by atoms with Gasteiger partial charge in [0.2, 0.25) is 0 Å². The van der Waals surface area contributed by atoms with Crippen molar-refractivity contribution in [2.45, 2.75) is 33.4 Å². The second-order valence-electron chi connectivity index (χ2n) is 5.14. The van der Waals surface area contributed by atoms with Gasteiger partial charge in [0.25, 0.3) is 0 Å².